The van der Waals surface area contributed by atoms with Gasteiger partial charge in [0.2, 0.25) is 0 Å². The number of fused-ring (bicyclic) bond motifs is 2. The minimum atomic E-state index is 0.0141. The second-order valence-corrected chi connectivity index (χ2v) is 5.88. The number of hydrogen-bond donors (Lipinski definition) is 0. The van der Waals surface area contributed by atoms with Crippen LogP contribution in [-0.4, -0.2) is 30.6 Å². The molecule has 1 fully saturated rings. The van der Waals surface area contributed by atoms with Crippen LogP contribution in [0.15, 0.2) is 24.3 Å². The fourth-order valence-corrected chi connectivity index (χ4v) is 3.43. The van der Waals surface area contributed by atoms with Gasteiger partial charge in [0, 0.05) is 19.1 Å². The van der Waals surface area contributed by atoms with Crippen molar-refractivity contribution in [2.45, 2.75) is 44.8 Å². The summed E-state index contributed by atoms with van der Waals surface area (Å²) in [5.74, 6) is 0. The first kappa shape index (κ1) is 12.2. The lowest BCUT2D eigenvalue weighted by Gasteiger charge is -2.46. The third kappa shape index (κ3) is 1.98. The van der Waals surface area contributed by atoms with Crippen LogP contribution in [0.5, 0.6) is 0 Å². The van der Waals surface area contributed by atoms with Crippen molar-refractivity contribution in [1.29, 1.82) is 0 Å². The molecule has 18 heavy (non-hydrogen) atoms. The fourth-order valence-electron chi connectivity index (χ4n) is 3.43. The number of hydrogen-bond acceptors (Lipinski definition) is 2. The smallest absolute Gasteiger partial charge is 0.0958 e. The molecule has 0 aliphatic carbocycles. The first-order valence-corrected chi connectivity index (χ1v) is 7.18. The van der Waals surface area contributed by atoms with Crippen LogP contribution in [0.1, 0.15) is 37.8 Å². The Morgan fingerprint density at radius 3 is 2.61 bits per heavy atom. The van der Waals surface area contributed by atoms with Crippen molar-refractivity contribution in [3.05, 3.63) is 35.4 Å². The monoisotopic (exact) mass is 245 g/mol. The maximum absolute atomic E-state index is 6.23. The SMILES string of the molecule is CC(C)N1CCC2(CC1)OCCc1ccccc12. The third-order valence-electron chi connectivity index (χ3n) is 4.59. The van der Waals surface area contributed by atoms with Gasteiger partial charge in [-0.25, -0.2) is 0 Å². The minimum absolute atomic E-state index is 0.0141. The highest BCUT2D eigenvalue weighted by Crippen LogP contribution is 2.41. The van der Waals surface area contributed by atoms with Crippen LogP contribution < -0.4 is 0 Å². The van der Waals surface area contributed by atoms with E-state index in [9.17, 15) is 0 Å². The largest absolute Gasteiger partial charge is 0.370 e. The van der Waals surface area contributed by atoms with E-state index in [0.717, 1.165) is 39.0 Å². The fraction of sp³-hybridized carbons (Fsp3) is 0.625. The molecule has 1 aromatic carbocycles. The van der Waals surface area contributed by atoms with E-state index in [1.165, 1.54) is 11.1 Å². The van der Waals surface area contributed by atoms with E-state index in [2.05, 4.69) is 43.0 Å². The van der Waals surface area contributed by atoms with Crippen molar-refractivity contribution in [1.82, 2.24) is 4.90 Å². The summed E-state index contributed by atoms with van der Waals surface area (Å²) in [4.78, 5) is 2.56. The molecule has 2 heterocycles. The molecule has 2 aliphatic heterocycles. The number of likely N-dealkylation sites (tertiary alicyclic amines) is 1. The Kier molecular flexibility index (Phi) is 3.16. The molecule has 1 aromatic rings. The molecular formula is C16H23NO. The predicted octanol–water partition coefficient (Wildman–Crippen LogP) is 2.96. The summed E-state index contributed by atoms with van der Waals surface area (Å²) in [6.45, 7) is 7.78. The van der Waals surface area contributed by atoms with Crippen molar-refractivity contribution >= 4 is 0 Å². The van der Waals surface area contributed by atoms with Crippen molar-refractivity contribution in [2.24, 2.45) is 0 Å². The summed E-state index contributed by atoms with van der Waals surface area (Å²) >= 11 is 0. The van der Waals surface area contributed by atoms with Gasteiger partial charge in [-0.15, -0.1) is 0 Å². The van der Waals surface area contributed by atoms with Gasteiger partial charge in [0.15, 0.2) is 0 Å². The number of ether oxygens (including phenoxy) is 1. The lowest BCUT2D eigenvalue weighted by Crippen LogP contribution is -2.48. The topological polar surface area (TPSA) is 12.5 Å². The van der Waals surface area contributed by atoms with Gasteiger partial charge in [0.1, 0.15) is 0 Å². The standard InChI is InChI=1S/C16H23NO/c1-13(2)17-10-8-16(9-11-17)15-6-4-3-5-14(15)7-12-18-16/h3-6,13H,7-12H2,1-2H3. The van der Waals surface area contributed by atoms with Crippen LogP contribution in [0.2, 0.25) is 0 Å². The molecule has 0 radical (unpaired) electrons. The van der Waals surface area contributed by atoms with Crippen LogP contribution in [0.25, 0.3) is 0 Å². The lowest BCUT2D eigenvalue weighted by molar-refractivity contribution is -0.101. The molecule has 0 N–H and O–H groups in total. The molecule has 98 valence electrons. The summed E-state index contributed by atoms with van der Waals surface area (Å²) in [5, 5.41) is 0. The highest BCUT2D eigenvalue weighted by molar-refractivity contribution is 5.35. The average Bonchev–Trinajstić information content (AvgIpc) is 2.40. The summed E-state index contributed by atoms with van der Waals surface area (Å²) in [6, 6.07) is 9.51. The van der Waals surface area contributed by atoms with E-state index in [-0.39, 0.29) is 5.60 Å². The van der Waals surface area contributed by atoms with E-state index in [1.54, 1.807) is 0 Å². The predicted molar refractivity (Wildman–Crippen MR) is 73.7 cm³/mol. The normalized spacial score (nSPS) is 23.3. The Bertz CT molecular complexity index is 419. The Balaban J connectivity index is 1.85. The van der Waals surface area contributed by atoms with E-state index >= 15 is 0 Å². The maximum Gasteiger partial charge on any atom is 0.0958 e. The molecule has 3 rings (SSSR count). The second kappa shape index (κ2) is 4.67. The molecular weight excluding hydrogens is 222 g/mol. The molecule has 0 saturated carbocycles. The zero-order chi connectivity index (χ0) is 12.6. The molecule has 2 aliphatic rings. The summed E-state index contributed by atoms with van der Waals surface area (Å²) in [7, 11) is 0. The second-order valence-electron chi connectivity index (χ2n) is 5.88. The van der Waals surface area contributed by atoms with E-state index in [1.807, 2.05) is 0 Å². The molecule has 0 atom stereocenters. The highest BCUT2D eigenvalue weighted by atomic mass is 16.5. The zero-order valence-electron chi connectivity index (χ0n) is 11.5. The third-order valence-corrected chi connectivity index (χ3v) is 4.59. The van der Waals surface area contributed by atoms with E-state index < -0.39 is 0 Å². The van der Waals surface area contributed by atoms with Gasteiger partial charge in [-0.05, 0) is 44.2 Å². The van der Waals surface area contributed by atoms with Crippen LogP contribution in [0, 0.1) is 0 Å². The van der Waals surface area contributed by atoms with Crippen molar-refractivity contribution in [3.8, 4) is 0 Å². The summed E-state index contributed by atoms with van der Waals surface area (Å²) in [6.07, 6.45) is 3.36. The van der Waals surface area contributed by atoms with Gasteiger partial charge >= 0.3 is 0 Å². The molecule has 0 bridgehead atoms. The molecule has 0 unspecified atom stereocenters. The van der Waals surface area contributed by atoms with Crippen LogP contribution in [-0.2, 0) is 16.8 Å². The highest BCUT2D eigenvalue weighted by Gasteiger charge is 2.40. The van der Waals surface area contributed by atoms with Crippen molar-refractivity contribution < 1.29 is 4.74 Å². The first-order chi connectivity index (χ1) is 8.71. The Hall–Kier alpha value is -0.860. The van der Waals surface area contributed by atoms with E-state index in [0.29, 0.717) is 6.04 Å². The Labute approximate surface area is 110 Å². The number of piperidine rings is 1. The van der Waals surface area contributed by atoms with Gasteiger partial charge < -0.3 is 9.64 Å². The van der Waals surface area contributed by atoms with Gasteiger partial charge in [-0.2, -0.15) is 0 Å². The summed E-state index contributed by atoms with van der Waals surface area (Å²) < 4.78 is 6.23. The molecule has 2 nitrogen and oxygen atoms in total. The molecule has 0 amide bonds. The van der Waals surface area contributed by atoms with Crippen LogP contribution in [0.4, 0.5) is 0 Å². The van der Waals surface area contributed by atoms with Crippen molar-refractivity contribution in [3.63, 3.8) is 0 Å². The quantitative estimate of drug-likeness (QED) is 0.754. The van der Waals surface area contributed by atoms with Crippen LogP contribution >= 0.6 is 0 Å². The zero-order valence-corrected chi connectivity index (χ0v) is 11.5. The lowest BCUT2D eigenvalue weighted by atomic mass is 9.79. The molecule has 1 spiro atoms. The Morgan fingerprint density at radius 1 is 1.17 bits per heavy atom. The minimum Gasteiger partial charge on any atom is -0.370 e. The Morgan fingerprint density at radius 2 is 1.89 bits per heavy atom. The number of rotatable bonds is 1. The summed E-state index contributed by atoms with van der Waals surface area (Å²) in [5.41, 5.74) is 2.97. The molecule has 1 saturated heterocycles. The van der Waals surface area contributed by atoms with Gasteiger partial charge in [0.25, 0.3) is 0 Å². The molecule has 0 aromatic heterocycles. The van der Waals surface area contributed by atoms with Gasteiger partial charge in [-0.1, -0.05) is 24.3 Å². The van der Waals surface area contributed by atoms with Gasteiger partial charge in [-0.3, -0.25) is 0 Å². The average molecular weight is 245 g/mol. The number of nitrogens with zero attached hydrogens (tertiary/aromatic N) is 1. The van der Waals surface area contributed by atoms with Crippen molar-refractivity contribution in [2.75, 3.05) is 19.7 Å². The van der Waals surface area contributed by atoms with Gasteiger partial charge in [0.05, 0.1) is 12.2 Å². The molecule has 2 heteroatoms. The number of benzene rings is 1. The maximum atomic E-state index is 6.23. The van der Waals surface area contributed by atoms with Crippen LogP contribution in [0.3, 0.4) is 0 Å². The van der Waals surface area contributed by atoms with E-state index in [4.69, 9.17) is 4.74 Å². The first-order valence-electron chi connectivity index (χ1n) is 7.18.